The summed E-state index contributed by atoms with van der Waals surface area (Å²) in [6.45, 7) is 1.31. The number of carbonyl (C=O) groups excluding carboxylic acids is 1. The summed E-state index contributed by atoms with van der Waals surface area (Å²) in [6.07, 6.45) is 1.93. The quantitative estimate of drug-likeness (QED) is 0.636. The predicted molar refractivity (Wildman–Crippen MR) is 83.2 cm³/mol. The number of nitrogens with zero attached hydrogens (tertiary/aromatic N) is 2. The van der Waals surface area contributed by atoms with Crippen molar-refractivity contribution in [3.05, 3.63) is 24.3 Å². The summed E-state index contributed by atoms with van der Waals surface area (Å²) in [7, 11) is -3.81. The molecule has 21 heavy (non-hydrogen) atoms. The minimum absolute atomic E-state index is 0.139. The van der Waals surface area contributed by atoms with E-state index < -0.39 is 10.0 Å². The molecule has 0 radical (unpaired) electrons. The van der Waals surface area contributed by atoms with E-state index in [2.05, 4.69) is 20.2 Å². The van der Waals surface area contributed by atoms with Gasteiger partial charge in [-0.15, -0.1) is 22.0 Å². The van der Waals surface area contributed by atoms with Crippen molar-refractivity contribution in [2.75, 3.05) is 16.3 Å². The van der Waals surface area contributed by atoms with Crippen molar-refractivity contribution in [2.45, 2.75) is 16.2 Å². The first kappa shape index (κ1) is 15.7. The number of rotatable bonds is 5. The maximum Gasteiger partial charge on any atom is 0.291 e. The Bertz CT molecular complexity index is 740. The van der Waals surface area contributed by atoms with Crippen LogP contribution in [0.3, 0.4) is 0 Å². The van der Waals surface area contributed by atoms with Crippen LogP contribution in [0.5, 0.6) is 0 Å². The fourth-order valence-corrected chi connectivity index (χ4v) is 3.79. The molecule has 0 aliphatic carbocycles. The van der Waals surface area contributed by atoms with Gasteiger partial charge in [-0.25, -0.2) is 0 Å². The van der Waals surface area contributed by atoms with Crippen LogP contribution in [0, 0.1) is 0 Å². The zero-order valence-electron chi connectivity index (χ0n) is 11.2. The lowest BCUT2D eigenvalue weighted by Crippen LogP contribution is -2.12. The highest BCUT2D eigenvalue weighted by Gasteiger charge is 2.20. The van der Waals surface area contributed by atoms with Gasteiger partial charge in [-0.3, -0.25) is 9.52 Å². The molecule has 0 saturated carbocycles. The van der Waals surface area contributed by atoms with Gasteiger partial charge < -0.3 is 5.32 Å². The zero-order chi connectivity index (χ0) is 15.5. The van der Waals surface area contributed by atoms with Crippen LogP contribution < -0.4 is 10.0 Å². The molecule has 0 spiro atoms. The summed E-state index contributed by atoms with van der Waals surface area (Å²) in [5.74, 6) is -0.337. The molecule has 7 nitrogen and oxygen atoms in total. The van der Waals surface area contributed by atoms with Crippen LogP contribution in [0.25, 0.3) is 0 Å². The third-order valence-corrected chi connectivity index (χ3v) is 5.59. The van der Waals surface area contributed by atoms with E-state index in [9.17, 15) is 13.2 Å². The third kappa shape index (κ3) is 4.16. The number of thioether (sulfide) groups is 1. The van der Waals surface area contributed by atoms with Gasteiger partial charge in [0.15, 0.2) is 0 Å². The number of hydrogen-bond donors (Lipinski definition) is 2. The van der Waals surface area contributed by atoms with Crippen LogP contribution >= 0.6 is 23.1 Å². The number of hydrogen-bond acceptors (Lipinski definition) is 7. The Morgan fingerprint density at radius 1 is 1.24 bits per heavy atom. The molecule has 1 heterocycles. The average Bonchev–Trinajstić information content (AvgIpc) is 2.88. The molecule has 1 aromatic heterocycles. The van der Waals surface area contributed by atoms with Gasteiger partial charge in [-0.05, 0) is 30.5 Å². The Morgan fingerprint density at radius 2 is 1.90 bits per heavy atom. The molecule has 0 aliphatic heterocycles. The summed E-state index contributed by atoms with van der Waals surface area (Å²) in [5.41, 5.74) is 0.434. The Hall–Kier alpha value is -1.65. The van der Waals surface area contributed by atoms with E-state index in [1.165, 1.54) is 6.92 Å². The number of benzene rings is 1. The zero-order valence-corrected chi connectivity index (χ0v) is 13.6. The third-order valence-electron chi connectivity index (χ3n) is 2.26. The van der Waals surface area contributed by atoms with Gasteiger partial charge in [-0.1, -0.05) is 11.3 Å². The molecule has 0 bridgehead atoms. The van der Waals surface area contributed by atoms with Crippen LogP contribution in [-0.4, -0.2) is 30.8 Å². The van der Waals surface area contributed by atoms with Crippen molar-refractivity contribution in [3.63, 3.8) is 0 Å². The van der Waals surface area contributed by atoms with Crippen LogP contribution in [0.2, 0.25) is 0 Å². The number of amides is 1. The van der Waals surface area contributed by atoms with Gasteiger partial charge in [0.25, 0.3) is 14.4 Å². The maximum atomic E-state index is 12.1. The normalized spacial score (nSPS) is 11.1. The fourth-order valence-electron chi connectivity index (χ4n) is 1.38. The molecule has 1 aromatic carbocycles. The van der Waals surface area contributed by atoms with E-state index in [0.717, 1.165) is 16.2 Å². The first-order chi connectivity index (χ1) is 9.90. The van der Waals surface area contributed by atoms with Gasteiger partial charge in [0, 0.05) is 17.5 Å². The Morgan fingerprint density at radius 3 is 2.48 bits per heavy atom. The van der Waals surface area contributed by atoms with Gasteiger partial charge in [0.05, 0.1) is 0 Å². The topological polar surface area (TPSA) is 101 Å². The van der Waals surface area contributed by atoms with E-state index in [1.54, 1.807) is 23.9 Å². The smallest absolute Gasteiger partial charge is 0.291 e. The van der Waals surface area contributed by atoms with Crippen molar-refractivity contribution in [2.24, 2.45) is 0 Å². The highest BCUT2D eigenvalue weighted by molar-refractivity contribution is 7.98. The number of nitrogens with one attached hydrogen (secondary N) is 2. The van der Waals surface area contributed by atoms with Crippen LogP contribution in [-0.2, 0) is 14.8 Å². The average molecular weight is 344 g/mol. The van der Waals surface area contributed by atoms with Gasteiger partial charge in [0.2, 0.25) is 11.0 Å². The van der Waals surface area contributed by atoms with Crippen LogP contribution in [0.15, 0.2) is 33.5 Å². The Labute approximate surface area is 130 Å². The van der Waals surface area contributed by atoms with E-state index in [0.29, 0.717) is 5.69 Å². The van der Waals surface area contributed by atoms with Crippen LogP contribution in [0.4, 0.5) is 10.8 Å². The number of aromatic nitrogens is 2. The minimum Gasteiger partial charge on any atom is -0.301 e. The first-order valence-electron chi connectivity index (χ1n) is 5.68. The summed E-state index contributed by atoms with van der Waals surface area (Å²) >= 11 is 2.35. The fraction of sp³-hybridized carbons (Fsp3) is 0.182. The second-order valence-corrected chi connectivity index (χ2v) is 7.60. The molecule has 2 rings (SSSR count). The Balaban J connectivity index is 2.17. The lowest BCUT2D eigenvalue weighted by molar-refractivity contribution is -0.114. The summed E-state index contributed by atoms with van der Waals surface area (Å²) in [4.78, 5) is 11.9. The Kier molecular flexibility index (Phi) is 4.80. The molecular weight excluding hydrogens is 332 g/mol. The summed E-state index contributed by atoms with van der Waals surface area (Å²) in [5, 5.41) is 9.70. The molecule has 0 atom stereocenters. The molecule has 1 amide bonds. The molecule has 0 fully saturated rings. The minimum atomic E-state index is -3.81. The molecule has 10 heteroatoms. The molecular formula is C11H12N4O3S3. The van der Waals surface area contributed by atoms with Gasteiger partial charge in [-0.2, -0.15) is 8.42 Å². The van der Waals surface area contributed by atoms with E-state index >= 15 is 0 Å². The van der Waals surface area contributed by atoms with E-state index in [1.807, 2.05) is 18.4 Å². The molecule has 0 saturated heterocycles. The van der Waals surface area contributed by atoms with Crippen molar-refractivity contribution >= 4 is 49.8 Å². The van der Waals surface area contributed by atoms with Crippen molar-refractivity contribution in [3.8, 4) is 0 Å². The van der Waals surface area contributed by atoms with Crippen molar-refractivity contribution in [1.82, 2.24) is 10.2 Å². The molecule has 0 aliphatic rings. The summed E-state index contributed by atoms with van der Waals surface area (Å²) in [6, 6.07) is 6.95. The van der Waals surface area contributed by atoms with Crippen molar-refractivity contribution in [1.29, 1.82) is 0 Å². The molecule has 2 aromatic rings. The van der Waals surface area contributed by atoms with Crippen molar-refractivity contribution < 1.29 is 13.2 Å². The van der Waals surface area contributed by atoms with Gasteiger partial charge >= 0.3 is 0 Å². The first-order valence-corrected chi connectivity index (χ1v) is 9.21. The van der Waals surface area contributed by atoms with E-state index in [-0.39, 0.29) is 15.4 Å². The monoisotopic (exact) mass is 344 g/mol. The lowest BCUT2D eigenvalue weighted by Gasteiger charge is -2.05. The highest BCUT2D eigenvalue weighted by Crippen LogP contribution is 2.23. The number of carbonyl (C=O) groups is 1. The highest BCUT2D eigenvalue weighted by atomic mass is 32.2. The van der Waals surface area contributed by atoms with E-state index in [4.69, 9.17) is 0 Å². The summed E-state index contributed by atoms with van der Waals surface area (Å²) < 4.78 is 26.5. The number of sulfonamides is 1. The maximum absolute atomic E-state index is 12.1. The molecule has 0 unspecified atom stereocenters. The molecule has 2 N–H and O–H groups in total. The standard InChI is InChI=1S/C11H12N4O3S3/c1-7(16)12-10-13-14-11(20-10)21(17,18)15-8-3-5-9(19-2)6-4-8/h3-6,15H,1-2H3,(H,12,13,16). The predicted octanol–water partition coefficient (Wildman–Crippen LogP) is 2.02. The van der Waals surface area contributed by atoms with Crippen LogP contribution in [0.1, 0.15) is 6.92 Å². The lowest BCUT2D eigenvalue weighted by atomic mass is 10.3. The largest absolute Gasteiger partial charge is 0.301 e. The second kappa shape index (κ2) is 6.41. The molecule has 112 valence electrons. The number of anilines is 2. The second-order valence-electron chi connectivity index (χ2n) is 3.89. The SMILES string of the molecule is CSc1ccc(NS(=O)(=O)c2nnc(NC(C)=O)s2)cc1. The van der Waals surface area contributed by atoms with Gasteiger partial charge in [0.1, 0.15) is 0 Å².